The number of anilines is 1. The van der Waals surface area contributed by atoms with Gasteiger partial charge >= 0.3 is 0 Å². The summed E-state index contributed by atoms with van der Waals surface area (Å²) in [7, 11) is 0. The van der Waals surface area contributed by atoms with Crippen LogP contribution in [0, 0.1) is 11.8 Å². The van der Waals surface area contributed by atoms with E-state index in [2.05, 4.69) is 20.0 Å². The molecule has 0 amide bonds. The number of alkyl halides is 1. The molecule has 2 aliphatic rings. The Labute approximate surface area is 125 Å². The molecule has 2 aromatic heterocycles. The number of hydrogen-bond donors (Lipinski definition) is 0. The molecular formula is C13H12Cl2N4O. The SMILES string of the molecule is ClCc1nc([C@H]2[C@@H]3CN(c4cc(Cl)ccn4)C[C@@H]32)no1. The van der Waals surface area contributed by atoms with Crippen molar-refractivity contribution in [3.05, 3.63) is 35.1 Å². The van der Waals surface area contributed by atoms with Crippen molar-refractivity contribution in [1.29, 1.82) is 0 Å². The minimum atomic E-state index is 0.271. The van der Waals surface area contributed by atoms with Crippen LogP contribution in [0.2, 0.25) is 5.02 Å². The summed E-state index contributed by atoms with van der Waals surface area (Å²) in [6, 6.07) is 3.69. The first-order valence-electron chi connectivity index (χ1n) is 6.51. The van der Waals surface area contributed by atoms with Crippen LogP contribution in [-0.2, 0) is 5.88 Å². The molecule has 0 N–H and O–H groups in total. The van der Waals surface area contributed by atoms with Gasteiger partial charge in [-0.05, 0) is 24.0 Å². The van der Waals surface area contributed by atoms with Crippen molar-refractivity contribution in [3.8, 4) is 0 Å². The number of halogens is 2. The first-order valence-corrected chi connectivity index (χ1v) is 7.42. The highest BCUT2D eigenvalue weighted by molar-refractivity contribution is 6.30. The lowest BCUT2D eigenvalue weighted by molar-refractivity contribution is 0.383. The predicted octanol–water partition coefficient (Wildman–Crippen LogP) is 2.71. The van der Waals surface area contributed by atoms with Gasteiger partial charge in [-0.15, -0.1) is 11.6 Å². The van der Waals surface area contributed by atoms with Crippen molar-refractivity contribution in [1.82, 2.24) is 15.1 Å². The first kappa shape index (κ1) is 12.4. The van der Waals surface area contributed by atoms with Crippen LogP contribution in [0.4, 0.5) is 5.82 Å². The smallest absolute Gasteiger partial charge is 0.241 e. The number of piperidine rings is 1. The summed E-state index contributed by atoms with van der Waals surface area (Å²) in [6.45, 7) is 1.93. The van der Waals surface area contributed by atoms with Crippen molar-refractivity contribution in [2.45, 2.75) is 11.8 Å². The maximum Gasteiger partial charge on any atom is 0.241 e. The van der Waals surface area contributed by atoms with Crippen LogP contribution >= 0.6 is 23.2 Å². The average Bonchev–Trinajstić information content (AvgIpc) is 2.87. The van der Waals surface area contributed by atoms with Gasteiger partial charge in [0, 0.05) is 30.2 Å². The van der Waals surface area contributed by atoms with Gasteiger partial charge in [0.1, 0.15) is 11.7 Å². The molecule has 20 heavy (non-hydrogen) atoms. The van der Waals surface area contributed by atoms with Gasteiger partial charge in [-0.2, -0.15) is 4.98 Å². The summed E-state index contributed by atoms with van der Waals surface area (Å²) < 4.78 is 5.07. The van der Waals surface area contributed by atoms with Crippen LogP contribution in [-0.4, -0.2) is 28.2 Å². The van der Waals surface area contributed by atoms with Gasteiger partial charge in [0.05, 0.1) is 0 Å². The third-order valence-electron chi connectivity index (χ3n) is 4.12. The predicted molar refractivity (Wildman–Crippen MR) is 75.0 cm³/mol. The Bertz CT molecular complexity index is 635. The largest absolute Gasteiger partial charge is 0.356 e. The van der Waals surface area contributed by atoms with Gasteiger partial charge in [-0.25, -0.2) is 4.98 Å². The van der Waals surface area contributed by atoms with E-state index in [9.17, 15) is 0 Å². The van der Waals surface area contributed by atoms with Crippen LogP contribution in [0.3, 0.4) is 0 Å². The molecule has 2 aromatic rings. The van der Waals surface area contributed by atoms with E-state index in [1.54, 1.807) is 12.3 Å². The van der Waals surface area contributed by atoms with Crippen molar-refractivity contribution in [2.75, 3.05) is 18.0 Å². The van der Waals surface area contributed by atoms with Gasteiger partial charge in [0.2, 0.25) is 5.89 Å². The second-order valence-corrected chi connectivity index (χ2v) is 5.97. The fourth-order valence-corrected chi connectivity index (χ4v) is 3.38. The van der Waals surface area contributed by atoms with Crippen LogP contribution in [0.25, 0.3) is 0 Å². The van der Waals surface area contributed by atoms with E-state index in [-0.39, 0.29) is 5.88 Å². The Morgan fingerprint density at radius 1 is 1.35 bits per heavy atom. The van der Waals surface area contributed by atoms with E-state index >= 15 is 0 Å². The molecule has 4 rings (SSSR count). The number of rotatable bonds is 3. The summed E-state index contributed by atoms with van der Waals surface area (Å²) in [6.07, 6.45) is 1.74. The molecule has 0 radical (unpaired) electrons. The highest BCUT2D eigenvalue weighted by Crippen LogP contribution is 2.57. The molecule has 0 unspecified atom stereocenters. The molecule has 3 heterocycles. The highest BCUT2D eigenvalue weighted by Gasteiger charge is 2.58. The van der Waals surface area contributed by atoms with E-state index in [1.807, 2.05) is 6.07 Å². The van der Waals surface area contributed by atoms with Crippen LogP contribution in [0.1, 0.15) is 17.6 Å². The molecule has 7 heteroatoms. The summed E-state index contributed by atoms with van der Waals surface area (Å²) in [4.78, 5) is 11.0. The number of hydrogen-bond acceptors (Lipinski definition) is 5. The van der Waals surface area contributed by atoms with Crippen LogP contribution in [0.15, 0.2) is 22.9 Å². The van der Waals surface area contributed by atoms with E-state index in [0.717, 1.165) is 29.8 Å². The maximum absolute atomic E-state index is 6.00. The van der Waals surface area contributed by atoms with E-state index in [4.69, 9.17) is 27.7 Å². The summed E-state index contributed by atoms with van der Waals surface area (Å²) >= 11 is 11.7. The molecule has 104 valence electrons. The monoisotopic (exact) mass is 310 g/mol. The zero-order chi connectivity index (χ0) is 13.7. The molecular weight excluding hydrogens is 299 g/mol. The number of fused-ring (bicyclic) bond motifs is 1. The number of aromatic nitrogens is 3. The van der Waals surface area contributed by atoms with E-state index < -0.39 is 0 Å². The van der Waals surface area contributed by atoms with E-state index in [0.29, 0.717) is 23.6 Å². The van der Waals surface area contributed by atoms with Gasteiger partial charge in [-0.1, -0.05) is 16.8 Å². The topological polar surface area (TPSA) is 55.1 Å². The van der Waals surface area contributed by atoms with Crippen molar-refractivity contribution in [2.24, 2.45) is 11.8 Å². The van der Waals surface area contributed by atoms with E-state index in [1.165, 1.54) is 0 Å². The molecule has 0 bridgehead atoms. The third-order valence-corrected chi connectivity index (χ3v) is 4.59. The molecule has 3 atom stereocenters. The second kappa shape index (κ2) is 4.60. The van der Waals surface area contributed by atoms with Crippen LogP contribution in [0.5, 0.6) is 0 Å². The molecule has 0 spiro atoms. The summed E-state index contributed by atoms with van der Waals surface area (Å²) in [5.74, 6) is 4.08. The number of pyridine rings is 1. The lowest BCUT2D eigenvalue weighted by Gasteiger charge is -2.20. The first-order chi connectivity index (χ1) is 9.76. The van der Waals surface area contributed by atoms with Crippen molar-refractivity contribution < 1.29 is 4.52 Å². The molecule has 1 aliphatic carbocycles. The Morgan fingerprint density at radius 2 is 2.15 bits per heavy atom. The molecule has 1 saturated heterocycles. The molecule has 1 saturated carbocycles. The second-order valence-electron chi connectivity index (χ2n) is 5.27. The minimum Gasteiger partial charge on any atom is -0.356 e. The fraction of sp³-hybridized carbons (Fsp3) is 0.462. The zero-order valence-electron chi connectivity index (χ0n) is 10.5. The summed E-state index contributed by atoms with van der Waals surface area (Å²) in [5, 5.41) is 4.74. The lowest BCUT2D eigenvalue weighted by Crippen LogP contribution is -2.24. The molecule has 1 aliphatic heterocycles. The average molecular weight is 311 g/mol. The van der Waals surface area contributed by atoms with Gasteiger partial charge < -0.3 is 9.42 Å². The molecule has 0 aromatic carbocycles. The zero-order valence-corrected chi connectivity index (χ0v) is 12.1. The standard InChI is InChI=1S/C13H12Cl2N4O/c14-4-11-17-13(18-20-11)12-8-5-19(6-9(8)12)10-3-7(15)1-2-16-10/h1-3,8-9,12H,4-6H2/t8-,9+,12+. The highest BCUT2D eigenvalue weighted by atomic mass is 35.5. The maximum atomic E-state index is 6.00. The minimum absolute atomic E-state index is 0.271. The lowest BCUT2D eigenvalue weighted by atomic mass is 10.2. The Morgan fingerprint density at radius 3 is 2.80 bits per heavy atom. The third kappa shape index (κ3) is 1.96. The molecule has 2 fully saturated rings. The Kier molecular flexibility index (Phi) is 2.86. The van der Waals surface area contributed by atoms with Crippen molar-refractivity contribution in [3.63, 3.8) is 0 Å². The molecule has 5 nitrogen and oxygen atoms in total. The number of nitrogens with zero attached hydrogens (tertiary/aromatic N) is 4. The summed E-state index contributed by atoms with van der Waals surface area (Å²) in [5.41, 5.74) is 0. The van der Waals surface area contributed by atoms with Crippen LogP contribution < -0.4 is 4.90 Å². The van der Waals surface area contributed by atoms with Crippen molar-refractivity contribution >= 4 is 29.0 Å². The van der Waals surface area contributed by atoms with Gasteiger partial charge in [-0.3, -0.25) is 0 Å². The quantitative estimate of drug-likeness (QED) is 0.816. The normalized spacial score (nSPS) is 27.7. The Hall–Kier alpha value is -1.33. The Balaban J connectivity index is 1.46. The fourth-order valence-electron chi connectivity index (χ4n) is 3.12. The van der Waals surface area contributed by atoms with Gasteiger partial charge in [0.15, 0.2) is 5.82 Å². The van der Waals surface area contributed by atoms with Gasteiger partial charge in [0.25, 0.3) is 0 Å².